The van der Waals surface area contributed by atoms with E-state index in [1.807, 2.05) is 0 Å². The van der Waals surface area contributed by atoms with Crippen molar-refractivity contribution in [2.75, 3.05) is 0 Å². The maximum atomic E-state index is 5.96. The van der Waals surface area contributed by atoms with Crippen molar-refractivity contribution < 1.29 is 4.74 Å². The lowest BCUT2D eigenvalue weighted by molar-refractivity contribution is 0.304. The van der Waals surface area contributed by atoms with E-state index in [1.54, 1.807) is 0 Å². The predicted octanol–water partition coefficient (Wildman–Crippen LogP) is 4.38. The van der Waals surface area contributed by atoms with Gasteiger partial charge in [0.05, 0.1) is 0 Å². The minimum atomic E-state index is 0.500. The minimum Gasteiger partial charge on any atom is -0.489 e. The number of aryl methyl sites for hydroxylation is 2. The van der Waals surface area contributed by atoms with Gasteiger partial charge in [-0.15, -0.1) is 0 Å². The Kier molecular flexibility index (Phi) is 5.40. The third-order valence-electron chi connectivity index (χ3n) is 3.44. The van der Waals surface area contributed by atoms with Crippen molar-refractivity contribution in [3.05, 3.63) is 64.7 Å². The topological polar surface area (TPSA) is 21.3 Å². The zero-order valence-electron chi connectivity index (χ0n) is 13.4. The fourth-order valence-electron chi connectivity index (χ4n) is 2.18. The molecule has 2 heteroatoms. The van der Waals surface area contributed by atoms with Gasteiger partial charge >= 0.3 is 0 Å². The highest BCUT2D eigenvalue weighted by Gasteiger charge is 2.02. The molecule has 0 aliphatic carbocycles. The van der Waals surface area contributed by atoms with Crippen LogP contribution in [0, 0.1) is 13.8 Å². The molecule has 0 radical (unpaired) electrons. The summed E-state index contributed by atoms with van der Waals surface area (Å²) in [5, 5.41) is 3.44. The van der Waals surface area contributed by atoms with Crippen molar-refractivity contribution >= 4 is 0 Å². The number of hydrogen-bond acceptors (Lipinski definition) is 2. The molecule has 21 heavy (non-hydrogen) atoms. The highest BCUT2D eigenvalue weighted by molar-refractivity contribution is 5.36. The Morgan fingerprint density at radius 3 is 2.52 bits per heavy atom. The Morgan fingerprint density at radius 1 is 1.00 bits per heavy atom. The molecule has 0 aromatic heterocycles. The third-order valence-corrected chi connectivity index (χ3v) is 3.44. The van der Waals surface area contributed by atoms with Crippen molar-refractivity contribution in [1.82, 2.24) is 5.32 Å². The minimum absolute atomic E-state index is 0.500. The van der Waals surface area contributed by atoms with Gasteiger partial charge < -0.3 is 10.1 Å². The summed E-state index contributed by atoms with van der Waals surface area (Å²) in [5.74, 6) is 0.973. The molecule has 2 nitrogen and oxygen atoms in total. The largest absolute Gasteiger partial charge is 0.489 e. The van der Waals surface area contributed by atoms with E-state index in [2.05, 4.69) is 75.5 Å². The summed E-state index contributed by atoms with van der Waals surface area (Å²) >= 11 is 0. The summed E-state index contributed by atoms with van der Waals surface area (Å²) in [6, 6.07) is 15.4. The number of nitrogens with one attached hydrogen (secondary N) is 1. The molecule has 0 aliphatic heterocycles. The number of benzene rings is 2. The molecular formula is C19H25NO. The molecule has 2 aromatic rings. The first kappa shape index (κ1) is 15.6. The first-order valence-corrected chi connectivity index (χ1v) is 7.56. The van der Waals surface area contributed by atoms with Crippen molar-refractivity contribution in [2.24, 2.45) is 0 Å². The number of ether oxygens (including phenoxy) is 1. The quantitative estimate of drug-likeness (QED) is 0.849. The van der Waals surface area contributed by atoms with Crippen LogP contribution in [0.1, 0.15) is 36.1 Å². The molecule has 0 atom stereocenters. The Bertz CT molecular complexity index is 590. The van der Waals surface area contributed by atoms with Gasteiger partial charge in [0.2, 0.25) is 0 Å². The van der Waals surface area contributed by atoms with Crippen LogP contribution in [0.25, 0.3) is 0 Å². The molecule has 0 spiro atoms. The van der Waals surface area contributed by atoms with Gasteiger partial charge in [-0.2, -0.15) is 0 Å². The molecular weight excluding hydrogens is 258 g/mol. The molecule has 112 valence electrons. The predicted molar refractivity (Wildman–Crippen MR) is 88.7 cm³/mol. The van der Waals surface area contributed by atoms with Gasteiger partial charge in [-0.3, -0.25) is 0 Å². The Labute approximate surface area is 128 Å². The van der Waals surface area contributed by atoms with Crippen molar-refractivity contribution in [1.29, 1.82) is 0 Å². The van der Waals surface area contributed by atoms with Crippen molar-refractivity contribution in [3.63, 3.8) is 0 Å². The lowest BCUT2D eigenvalue weighted by atomic mass is 10.1. The molecule has 0 unspecified atom stereocenters. The van der Waals surface area contributed by atoms with Crippen molar-refractivity contribution in [3.8, 4) is 5.75 Å². The van der Waals surface area contributed by atoms with E-state index >= 15 is 0 Å². The standard InChI is InChI=1S/C19H25NO/c1-14(2)20-12-17-6-5-7-18(11-17)13-21-19-10-15(3)8-9-16(19)4/h5-11,14,20H,12-13H2,1-4H3. The molecule has 2 aromatic carbocycles. The maximum Gasteiger partial charge on any atom is 0.122 e. The highest BCUT2D eigenvalue weighted by atomic mass is 16.5. The summed E-state index contributed by atoms with van der Waals surface area (Å²) in [6.07, 6.45) is 0. The van der Waals surface area contributed by atoms with Crippen LogP contribution >= 0.6 is 0 Å². The van der Waals surface area contributed by atoms with Gasteiger partial charge in [0.1, 0.15) is 12.4 Å². The molecule has 0 saturated carbocycles. The Balaban J connectivity index is 1.99. The van der Waals surface area contributed by atoms with Gasteiger partial charge in [-0.25, -0.2) is 0 Å². The van der Waals surface area contributed by atoms with Crippen LogP contribution in [0.2, 0.25) is 0 Å². The average molecular weight is 283 g/mol. The van der Waals surface area contributed by atoms with E-state index < -0.39 is 0 Å². The van der Waals surface area contributed by atoms with Crippen LogP contribution in [0.4, 0.5) is 0 Å². The summed E-state index contributed by atoms with van der Waals surface area (Å²) in [4.78, 5) is 0. The molecule has 0 heterocycles. The van der Waals surface area contributed by atoms with Crippen LogP contribution < -0.4 is 10.1 Å². The van der Waals surface area contributed by atoms with Crippen LogP contribution in [-0.2, 0) is 13.2 Å². The molecule has 0 bridgehead atoms. The van der Waals surface area contributed by atoms with Crippen LogP contribution in [0.15, 0.2) is 42.5 Å². The molecule has 1 N–H and O–H groups in total. The smallest absolute Gasteiger partial charge is 0.122 e. The first-order chi connectivity index (χ1) is 10.0. The summed E-state index contributed by atoms with van der Waals surface area (Å²) in [7, 11) is 0. The second kappa shape index (κ2) is 7.28. The summed E-state index contributed by atoms with van der Waals surface area (Å²) < 4.78 is 5.96. The fourth-order valence-corrected chi connectivity index (χ4v) is 2.18. The zero-order chi connectivity index (χ0) is 15.2. The third kappa shape index (κ3) is 4.91. The van der Waals surface area contributed by atoms with Gasteiger partial charge in [-0.05, 0) is 42.2 Å². The van der Waals surface area contributed by atoms with Crippen LogP contribution in [0.3, 0.4) is 0 Å². The normalized spacial score (nSPS) is 10.9. The summed E-state index contributed by atoms with van der Waals surface area (Å²) in [5.41, 5.74) is 4.91. The van der Waals surface area contributed by atoms with Gasteiger partial charge in [0.15, 0.2) is 0 Å². The van der Waals surface area contributed by atoms with Crippen LogP contribution in [-0.4, -0.2) is 6.04 Å². The molecule has 0 saturated heterocycles. The van der Waals surface area contributed by atoms with E-state index in [9.17, 15) is 0 Å². The van der Waals surface area contributed by atoms with Crippen LogP contribution in [0.5, 0.6) is 5.75 Å². The number of hydrogen-bond donors (Lipinski definition) is 1. The first-order valence-electron chi connectivity index (χ1n) is 7.56. The Hall–Kier alpha value is -1.80. The zero-order valence-corrected chi connectivity index (χ0v) is 13.4. The van der Waals surface area contributed by atoms with Gasteiger partial charge in [0.25, 0.3) is 0 Å². The second-order valence-corrected chi connectivity index (χ2v) is 5.91. The van der Waals surface area contributed by atoms with E-state index in [0.29, 0.717) is 12.6 Å². The van der Waals surface area contributed by atoms with E-state index in [4.69, 9.17) is 4.74 Å². The molecule has 0 aliphatic rings. The van der Waals surface area contributed by atoms with E-state index in [0.717, 1.165) is 12.3 Å². The van der Waals surface area contributed by atoms with E-state index in [1.165, 1.54) is 22.3 Å². The monoisotopic (exact) mass is 283 g/mol. The van der Waals surface area contributed by atoms with Gasteiger partial charge in [0, 0.05) is 12.6 Å². The second-order valence-electron chi connectivity index (χ2n) is 5.91. The highest BCUT2D eigenvalue weighted by Crippen LogP contribution is 2.20. The maximum absolute atomic E-state index is 5.96. The van der Waals surface area contributed by atoms with E-state index in [-0.39, 0.29) is 0 Å². The molecule has 0 amide bonds. The Morgan fingerprint density at radius 2 is 1.76 bits per heavy atom. The number of rotatable bonds is 6. The molecule has 2 rings (SSSR count). The lowest BCUT2D eigenvalue weighted by Crippen LogP contribution is -2.21. The van der Waals surface area contributed by atoms with Gasteiger partial charge in [-0.1, -0.05) is 50.2 Å². The molecule has 0 fully saturated rings. The summed E-state index contributed by atoms with van der Waals surface area (Å²) in [6.45, 7) is 10.00. The fraction of sp³-hybridized carbons (Fsp3) is 0.368. The van der Waals surface area contributed by atoms with Crippen molar-refractivity contribution in [2.45, 2.75) is 46.9 Å². The average Bonchev–Trinajstić information content (AvgIpc) is 2.46. The SMILES string of the molecule is Cc1ccc(C)c(OCc2cccc(CNC(C)C)c2)c1. The lowest BCUT2D eigenvalue weighted by Gasteiger charge is -2.12.